The first-order chi connectivity index (χ1) is 6.31. The fraction of sp³-hybridized carbons (Fsp3) is 0.667. The zero-order valence-corrected chi connectivity index (χ0v) is 8.72. The average Bonchev–Trinajstić information content (AvgIpc) is 2.16. The first-order valence-corrected chi connectivity index (χ1v) is 5.30. The molecule has 0 saturated carbocycles. The highest BCUT2D eigenvalue weighted by atomic mass is 16.1. The minimum atomic E-state index is 0.133. The predicted octanol–water partition coefficient (Wildman–Crippen LogP) is 3.70. The first-order valence-electron chi connectivity index (χ1n) is 5.30. The zero-order chi connectivity index (χ0) is 9.94. The van der Waals surface area contributed by atoms with E-state index in [0.717, 1.165) is 6.42 Å². The molecule has 75 valence electrons. The van der Waals surface area contributed by atoms with Gasteiger partial charge in [-0.1, -0.05) is 38.7 Å². The van der Waals surface area contributed by atoms with Crippen LogP contribution in [-0.2, 0) is 4.79 Å². The zero-order valence-electron chi connectivity index (χ0n) is 8.72. The number of rotatable bonds is 8. The normalized spacial score (nSPS) is 10.9. The summed E-state index contributed by atoms with van der Waals surface area (Å²) in [5.41, 5.74) is 0. The van der Waals surface area contributed by atoms with Crippen LogP contribution >= 0.6 is 0 Å². The lowest BCUT2D eigenvalue weighted by Gasteiger charge is -1.95. The molecule has 0 aliphatic rings. The van der Waals surface area contributed by atoms with E-state index in [1.54, 1.807) is 6.08 Å². The van der Waals surface area contributed by atoms with Gasteiger partial charge in [-0.3, -0.25) is 4.79 Å². The van der Waals surface area contributed by atoms with Crippen molar-refractivity contribution in [2.45, 2.75) is 51.9 Å². The molecule has 0 aliphatic carbocycles. The maximum absolute atomic E-state index is 10.8. The lowest BCUT2D eigenvalue weighted by Crippen LogP contribution is -1.87. The van der Waals surface area contributed by atoms with E-state index in [2.05, 4.69) is 13.8 Å². The highest BCUT2D eigenvalue weighted by Crippen LogP contribution is 2.05. The molecule has 0 aliphatic heterocycles. The summed E-state index contributed by atoms with van der Waals surface area (Å²) in [5.74, 6) is 0.133. The Labute approximate surface area is 82.2 Å². The van der Waals surface area contributed by atoms with Gasteiger partial charge in [0.15, 0.2) is 5.78 Å². The molecule has 0 aromatic carbocycles. The van der Waals surface area contributed by atoms with Crippen molar-refractivity contribution in [3.63, 3.8) is 0 Å². The maximum atomic E-state index is 10.8. The van der Waals surface area contributed by atoms with Gasteiger partial charge in [0.1, 0.15) is 0 Å². The Morgan fingerprint density at radius 2 is 1.92 bits per heavy atom. The number of hydrogen-bond donors (Lipinski definition) is 0. The summed E-state index contributed by atoms with van der Waals surface area (Å²) in [6.45, 7) is 5.74. The van der Waals surface area contributed by atoms with Crippen LogP contribution in [0.4, 0.5) is 0 Å². The Kier molecular flexibility index (Phi) is 9.07. The molecular weight excluding hydrogens is 160 g/mol. The molecule has 0 atom stereocenters. The number of allylic oxidation sites excluding steroid dienone is 2. The monoisotopic (exact) mass is 181 g/mol. The van der Waals surface area contributed by atoms with Crippen molar-refractivity contribution in [3.8, 4) is 0 Å². The third-order valence-electron chi connectivity index (χ3n) is 2.02. The van der Waals surface area contributed by atoms with E-state index in [-0.39, 0.29) is 5.78 Å². The van der Waals surface area contributed by atoms with Gasteiger partial charge < -0.3 is 0 Å². The van der Waals surface area contributed by atoms with Crippen LogP contribution in [0.3, 0.4) is 0 Å². The highest BCUT2D eigenvalue weighted by molar-refractivity contribution is 5.89. The molecule has 0 fully saturated rings. The van der Waals surface area contributed by atoms with Gasteiger partial charge in [0.05, 0.1) is 0 Å². The van der Waals surface area contributed by atoms with Crippen molar-refractivity contribution in [2.75, 3.05) is 0 Å². The van der Waals surface area contributed by atoms with Gasteiger partial charge in [-0.2, -0.15) is 0 Å². The second-order valence-electron chi connectivity index (χ2n) is 3.32. The number of hydrogen-bond acceptors (Lipinski definition) is 1. The molecular formula is C12H21O. The molecule has 0 N–H and O–H groups in total. The summed E-state index contributed by atoms with van der Waals surface area (Å²) >= 11 is 0. The Morgan fingerprint density at radius 1 is 1.23 bits per heavy atom. The summed E-state index contributed by atoms with van der Waals surface area (Å²) in [7, 11) is 0. The van der Waals surface area contributed by atoms with Crippen molar-refractivity contribution in [1.29, 1.82) is 0 Å². The van der Waals surface area contributed by atoms with E-state index in [9.17, 15) is 4.79 Å². The van der Waals surface area contributed by atoms with E-state index in [4.69, 9.17) is 0 Å². The molecule has 1 heteroatoms. The largest absolute Gasteiger partial charge is 0.295 e. The van der Waals surface area contributed by atoms with Gasteiger partial charge in [0, 0.05) is 6.42 Å². The fourth-order valence-corrected chi connectivity index (χ4v) is 1.16. The van der Waals surface area contributed by atoms with E-state index in [1.807, 2.05) is 6.08 Å². The summed E-state index contributed by atoms with van der Waals surface area (Å²) in [4.78, 5) is 10.8. The van der Waals surface area contributed by atoms with Gasteiger partial charge in [0.25, 0.3) is 0 Å². The van der Waals surface area contributed by atoms with Crippen LogP contribution in [0.15, 0.2) is 12.2 Å². The second-order valence-corrected chi connectivity index (χ2v) is 3.32. The van der Waals surface area contributed by atoms with E-state index in [1.165, 1.54) is 32.1 Å². The van der Waals surface area contributed by atoms with Crippen molar-refractivity contribution >= 4 is 5.78 Å². The van der Waals surface area contributed by atoms with Crippen LogP contribution in [-0.4, -0.2) is 5.78 Å². The van der Waals surface area contributed by atoms with Gasteiger partial charge in [-0.15, -0.1) is 0 Å². The fourth-order valence-electron chi connectivity index (χ4n) is 1.16. The summed E-state index contributed by atoms with van der Waals surface area (Å²) < 4.78 is 0. The Bertz CT molecular complexity index is 147. The molecule has 0 heterocycles. The molecule has 0 amide bonds. The summed E-state index contributed by atoms with van der Waals surface area (Å²) in [6, 6.07) is 0. The van der Waals surface area contributed by atoms with Gasteiger partial charge in [-0.05, 0) is 25.8 Å². The predicted molar refractivity (Wildman–Crippen MR) is 57.5 cm³/mol. The molecule has 1 radical (unpaired) electrons. The second kappa shape index (κ2) is 9.50. The lowest BCUT2D eigenvalue weighted by molar-refractivity contribution is -0.113. The van der Waals surface area contributed by atoms with Gasteiger partial charge in [-0.25, -0.2) is 0 Å². The smallest absolute Gasteiger partial charge is 0.155 e. The van der Waals surface area contributed by atoms with Crippen LogP contribution in [0, 0.1) is 6.92 Å². The quantitative estimate of drug-likeness (QED) is 0.412. The van der Waals surface area contributed by atoms with Crippen molar-refractivity contribution in [3.05, 3.63) is 19.1 Å². The molecule has 0 spiro atoms. The minimum absolute atomic E-state index is 0.133. The third kappa shape index (κ3) is 9.32. The molecule has 0 bridgehead atoms. The lowest BCUT2D eigenvalue weighted by atomic mass is 10.1. The van der Waals surface area contributed by atoms with Crippen LogP contribution in [0.1, 0.15) is 51.9 Å². The Hall–Kier alpha value is -0.590. The molecule has 1 nitrogen and oxygen atoms in total. The van der Waals surface area contributed by atoms with Crippen molar-refractivity contribution < 1.29 is 4.79 Å². The number of unbranched alkanes of at least 4 members (excludes halogenated alkanes) is 5. The van der Waals surface area contributed by atoms with Crippen LogP contribution in [0.5, 0.6) is 0 Å². The minimum Gasteiger partial charge on any atom is -0.295 e. The van der Waals surface area contributed by atoms with E-state index in [0.29, 0.717) is 6.42 Å². The molecule has 0 unspecified atom stereocenters. The maximum Gasteiger partial charge on any atom is 0.155 e. The number of carbonyl (C=O) groups is 1. The van der Waals surface area contributed by atoms with Crippen LogP contribution in [0.2, 0.25) is 0 Å². The molecule has 0 aromatic rings. The van der Waals surface area contributed by atoms with E-state index >= 15 is 0 Å². The molecule has 13 heavy (non-hydrogen) atoms. The molecule has 0 saturated heterocycles. The SMILES string of the molecule is [CH2]CC(=O)/C=C/CCCCCCC. The highest BCUT2D eigenvalue weighted by Gasteiger charge is 1.89. The van der Waals surface area contributed by atoms with Crippen molar-refractivity contribution in [1.82, 2.24) is 0 Å². The van der Waals surface area contributed by atoms with Gasteiger partial charge in [0.2, 0.25) is 0 Å². The van der Waals surface area contributed by atoms with Gasteiger partial charge >= 0.3 is 0 Å². The van der Waals surface area contributed by atoms with Crippen molar-refractivity contribution in [2.24, 2.45) is 0 Å². The Morgan fingerprint density at radius 3 is 2.54 bits per heavy atom. The topological polar surface area (TPSA) is 17.1 Å². The number of carbonyl (C=O) groups excluding carboxylic acids is 1. The summed E-state index contributed by atoms with van der Waals surface area (Å²) in [6.07, 6.45) is 11.5. The first kappa shape index (κ1) is 12.4. The van der Waals surface area contributed by atoms with E-state index < -0.39 is 0 Å². The summed E-state index contributed by atoms with van der Waals surface area (Å²) in [5, 5.41) is 0. The standard InChI is InChI=1S/C12H21O/c1-3-5-6-7-8-9-10-11-12(13)4-2/h10-11H,2-9H2,1H3/b11-10+. The molecule has 0 aromatic heterocycles. The third-order valence-corrected chi connectivity index (χ3v) is 2.02. The van der Waals surface area contributed by atoms with Crippen LogP contribution < -0.4 is 0 Å². The number of ketones is 1. The average molecular weight is 181 g/mol. The Balaban J connectivity index is 3.15. The van der Waals surface area contributed by atoms with Crippen LogP contribution in [0.25, 0.3) is 0 Å². The molecule has 0 rings (SSSR count).